The number of carbonyl (C=O) groups excluding carboxylic acids is 1. The first-order valence-corrected chi connectivity index (χ1v) is 4.52. The summed E-state index contributed by atoms with van der Waals surface area (Å²) in [6, 6.07) is 6.21. The minimum absolute atomic E-state index is 0.00615. The van der Waals surface area contributed by atoms with Crippen LogP contribution >= 0.6 is 0 Å². The van der Waals surface area contributed by atoms with E-state index in [1.807, 2.05) is 0 Å². The Morgan fingerprint density at radius 1 is 1.44 bits per heavy atom. The van der Waals surface area contributed by atoms with Crippen LogP contribution in [0.2, 0.25) is 0 Å². The first-order chi connectivity index (χ1) is 7.63. The first kappa shape index (κ1) is 11.8. The SMILES string of the molecule is COC(=O)CC#Cc1cccc(C(=O)O)c1. The van der Waals surface area contributed by atoms with Gasteiger partial charge < -0.3 is 9.84 Å². The lowest BCUT2D eigenvalue weighted by Gasteiger charge is -1.94. The van der Waals surface area contributed by atoms with Crippen LogP contribution in [0.5, 0.6) is 0 Å². The number of benzene rings is 1. The lowest BCUT2D eigenvalue weighted by atomic mass is 10.1. The third-order valence-corrected chi connectivity index (χ3v) is 1.80. The minimum Gasteiger partial charge on any atom is -0.478 e. The van der Waals surface area contributed by atoms with Gasteiger partial charge in [-0.05, 0) is 18.2 Å². The van der Waals surface area contributed by atoms with Crippen molar-refractivity contribution < 1.29 is 19.4 Å². The van der Waals surface area contributed by atoms with Crippen molar-refractivity contribution >= 4 is 11.9 Å². The molecule has 4 nitrogen and oxygen atoms in total. The summed E-state index contributed by atoms with van der Waals surface area (Å²) < 4.78 is 4.41. The summed E-state index contributed by atoms with van der Waals surface area (Å²) >= 11 is 0. The highest BCUT2D eigenvalue weighted by Crippen LogP contribution is 2.03. The third kappa shape index (κ3) is 3.46. The zero-order chi connectivity index (χ0) is 12.0. The Kier molecular flexibility index (Phi) is 4.10. The molecule has 0 saturated carbocycles. The molecule has 0 atom stereocenters. The Morgan fingerprint density at radius 2 is 2.19 bits per heavy atom. The van der Waals surface area contributed by atoms with Crippen LogP contribution in [-0.4, -0.2) is 24.2 Å². The van der Waals surface area contributed by atoms with Gasteiger partial charge in [-0.2, -0.15) is 0 Å². The second-order valence-corrected chi connectivity index (χ2v) is 2.94. The molecule has 0 aromatic heterocycles. The van der Waals surface area contributed by atoms with Crippen molar-refractivity contribution in [3.63, 3.8) is 0 Å². The van der Waals surface area contributed by atoms with Gasteiger partial charge >= 0.3 is 11.9 Å². The van der Waals surface area contributed by atoms with E-state index in [2.05, 4.69) is 16.6 Å². The fourth-order valence-corrected chi connectivity index (χ4v) is 1.02. The summed E-state index contributed by atoms with van der Waals surface area (Å²) in [5.41, 5.74) is 0.730. The van der Waals surface area contributed by atoms with E-state index in [4.69, 9.17) is 5.11 Å². The van der Waals surface area contributed by atoms with Gasteiger partial charge in [-0.3, -0.25) is 4.79 Å². The fraction of sp³-hybridized carbons (Fsp3) is 0.167. The van der Waals surface area contributed by atoms with Gasteiger partial charge in [0.15, 0.2) is 0 Å². The number of ether oxygens (including phenoxy) is 1. The van der Waals surface area contributed by atoms with Gasteiger partial charge in [0.25, 0.3) is 0 Å². The van der Waals surface area contributed by atoms with Crippen molar-refractivity contribution in [2.45, 2.75) is 6.42 Å². The van der Waals surface area contributed by atoms with Crippen molar-refractivity contribution in [1.82, 2.24) is 0 Å². The zero-order valence-electron chi connectivity index (χ0n) is 8.69. The molecule has 0 saturated heterocycles. The van der Waals surface area contributed by atoms with Gasteiger partial charge in [-0.1, -0.05) is 17.9 Å². The Morgan fingerprint density at radius 3 is 2.81 bits per heavy atom. The molecule has 1 rings (SSSR count). The number of esters is 1. The van der Waals surface area contributed by atoms with E-state index < -0.39 is 11.9 Å². The normalized spacial score (nSPS) is 8.81. The van der Waals surface area contributed by atoms with Crippen LogP contribution in [0.1, 0.15) is 22.3 Å². The molecule has 1 N–H and O–H groups in total. The Labute approximate surface area is 92.9 Å². The van der Waals surface area contributed by atoms with Crippen LogP contribution in [0, 0.1) is 11.8 Å². The summed E-state index contributed by atoms with van der Waals surface area (Å²) in [7, 11) is 1.29. The molecule has 82 valence electrons. The molecule has 0 aliphatic rings. The van der Waals surface area contributed by atoms with Crippen LogP contribution < -0.4 is 0 Å². The summed E-state index contributed by atoms with van der Waals surface area (Å²) in [4.78, 5) is 21.4. The maximum absolute atomic E-state index is 10.8. The summed E-state index contributed by atoms with van der Waals surface area (Å²) in [6.45, 7) is 0. The Bertz CT molecular complexity index is 465. The van der Waals surface area contributed by atoms with Crippen molar-refractivity contribution in [3.05, 3.63) is 35.4 Å². The molecule has 0 bridgehead atoms. The van der Waals surface area contributed by atoms with Gasteiger partial charge in [0, 0.05) is 5.56 Å². The molecule has 4 heteroatoms. The highest BCUT2D eigenvalue weighted by atomic mass is 16.5. The monoisotopic (exact) mass is 218 g/mol. The van der Waals surface area contributed by atoms with E-state index in [-0.39, 0.29) is 12.0 Å². The molecule has 0 heterocycles. The quantitative estimate of drug-likeness (QED) is 0.600. The first-order valence-electron chi connectivity index (χ1n) is 4.52. The van der Waals surface area contributed by atoms with Gasteiger partial charge in [0.2, 0.25) is 0 Å². The van der Waals surface area contributed by atoms with Gasteiger partial charge in [-0.25, -0.2) is 4.79 Å². The topological polar surface area (TPSA) is 63.6 Å². The van der Waals surface area contributed by atoms with Crippen LogP contribution in [0.4, 0.5) is 0 Å². The van der Waals surface area contributed by atoms with E-state index in [9.17, 15) is 9.59 Å². The molecule has 0 aliphatic heterocycles. The fourth-order valence-electron chi connectivity index (χ4n) is 1.02. The van der Waals surface area contributed by atoms with Crippen molar-refractivity contribution in [3.8, 4) is 11.8 Å². The summed E-state index contributed by atoms with van der Waals surface area (Å²) in [5.74, 6) is 3.87. The Balaban J connectivity index is 2.77. The molecular weight excluding hydrogens is 208 g/mol. The molecule has 0 spiro atoms. The van der Waals surface area contributed by atoms with E-state index in [0.717, 1.165) is 0 Å². The predicted octanol–water partition coefficient (Wildman–Crippen LogP) is 1.30. The predicted molar refractivity (Wildman–Crippen MR) is 56.9 cm³/mol. The third-order valence-electron chi connectivity index (χ3n) is 1.80. The van der Waals surface area contributed by atoms with E-state index in [1.165, 1.54) is 19.2 Å². The van der Waals surface area contributed by atoms with Gasteiger partial charge in [0.05, 0.1) is 12.7 Å². The maximum Gasteiger partial charge on any atom is 0.335 e. The largest absolute Gasteiger partial charge is 0.478 e. The van der Waals surface area contributed by atoms with Crippen molar-refractivity contribution in [1.29, 1.82) is 0 Å². The minimum atomic E-state index is -1.00. The zero-order valence-corrected chi connectivity index (χ0v) is 8.69. The van der Waals surface area contributed by atoms with Gasteiger partial charge in [-0.15, -0.1) is 0 Å². The summed E-state index contributed by atoms with van der Waals surface area (Å²) in [5, 5.41) is 8.74. The smallest absolute Gasteiger partial charge is 0.335 e. The standard InChI is InChI=1S/C12H10O4/c1-16-11(13)7-3-5-9-4-2-6-10(8-9)12(14)15/h2,4,6,8H,7H2,1H3,(H,14,15). The average Bonchev–Trinajstić information content (AvgIpc) is 2.29. The number of carboxylic acids is 1. The molecule has 0 unspecified atom stereocenters. The molecule has 1 aromatic carbocycles. The highest BCUT2D eigenvalue weighted by Gasteiger charge is 2.01. The van der Waals surface area contributed by atoms with Crippen LogP contribution in [0.3, 0.4) is 0 Å². The molecular formula is C12H10O4. The second-order valence-electron chi connectivity index (χ2n) is 2.94. The van der Waals surface area contributed by atoms with Crippen molar-refractivity contribution in [2.24, 2.45) is 0 Å². The number of carbonyl (C=O) groups is 2. The van der Waals surface area contributed by atoms with Crippen LogP contribution in [0.25, 0.3) is 0 Å². The number of aromatic carboxylic acids is 1. The maximum atomic E-state index is 10.8. The lowest BCUT2D eigenvalue weighted by Crippen LogP contribution is -1.97. The van der Waals surface area contributed by atoms with E-state index in [0.29, 0.717) is 5.56 Å². The molecule has 0 amide bonds. The van der Waals surface area contributed by atoms with Gasteiger partial charge in [0.1, 0.15) is 6.42 Å². The molecule has 0 fully saturated rings. The molecule has 1 aromatic rings. The number of methoxy groups -OCH3 is 1. The number of hydrogen-bond acceptors (Lipinski definition) is 3. The molecule has 0 radical (unpaired) electrons. The van der Waals surface area contributed by atoms with Crippen LogP contribution in [0.15, 0.2) is 24.3 Å². The van der Waals surface area contributed by atoms with Crippen molar-refractivity contribution in [2.75, 3.05) is 7.11 Å². The lowest BCUT2D eigenvalue weighted by molar-refractivity contribution is -0.139. The van der Waals surface area contributed by atoms with Crippen LogP contribution in [-0.2, 0) is 9.53 Å². The highest BCUT2D eigenvalue weighted by molar-refractivity contribution is 5.88. The molecule has 0 aliphatic carbocycles. The second kappa shape index (κ2) is 5.56. The summed E-state index contributed by atoms with van der Waals surface area (Å²) in [6.07, 6.45) is -0.00615. The number of rotatable bonds is 2. The number of carboxylic acid groups (broad SMARTS) is 1. The van der Waals surface area contributed by atoms with E-state index in [1.54, 1.807) is 12.1 Å². The average molecular weight is 218 g/mol. The Hall–Kier alpha value is -2.28. The van der Waals surface area contributed by atoms with E-state index >= 15 is 0 Å². The molecule has 16 heavy (non-hydrogen) atoms. The number of hydrogen-bond donors (Lipinski definition) is 1.